The number of aliphatic carboxylic acids is 1. The van der Waals surface area contributed by atoms with Gasteiger partial charge in [-0.25, -0.2) is 0 Å². The van der Waals surface area contributed by atoms with Crippen molar-refractivity contribution in [1.29, 1.82) is 0 Å². The molecule has 0 aromatic carbocycles. The van der Waals surface area contributed by atoms with E-state index in [1.54, 1.807) is 13.1 Å². The number of carbonyl (C=O) groups is 2. The highest BCUT2D eigenvalue weighted by Gasteiger charge is 2.41. The van der Waals surface area contributed by atoms with Crippen LogP contribution >= 0.6 is 0 Å². The van der Waals surface area contributed by atoms with E-state index in [1.807, 2.05) is 0 Å². The van der Waals surface area contributed by atoms with Gasteiger partial charge < -0.3 is 10.0 Å². The Morgan fingerprint density at radius 1 is 1.35 bits per heavy atom. The van der Waals surface area contributed by atoms with Gasteiger partial charge in [0.15, 0.2) is 0 Å². The predicted molar refractivity (Wildman–Crippen MR) is 65.6 cm³/mol. The first-order valence-electron chi connectivity index (χ1n) is 6.10. The SMILES string of the molecule is C=CCN(C)C(=O)CC1(C(=O)O)CCCCC1. The molecule has 0 heterocycles. The standard InChI is InChI=1S/C13H21NO3/c1-3-9-14(2)11(15)10-13(12(16)17)7-5-4-6-8-13/h3H,1,4-10H2,2H3,(H,16,17). The van der Waals surface area contributed by atoms with Crippen LogP contribution in [0, 0.1) is 5.41 Å². The first kappa shape index (κ1) is 13.7. The average Bonchev–Trinajstić information content (AvgIpc) is 2.30. The second-order valence-electron chi connectivity index (χ2n) is 4.89. The van der Waals surface area contributed by atoms with Crippen molar-refractivity contribution in [3.63, 3.8) is 0 Å². The van der Waals surface area contributed by atoms with E-state index < -0.39 is 11.4 Å². The minimum Gasteiger partial charge on any atom is -0.481 e. The first-order valence-corrected chi connectivity index (χ1v) is 6.10. The van der Waals surface area contributed by atoms with Crippen LogP contribution in [0.4, 0.5) is 0 Å². The Labute approximate surface area is 102 Å². The molecule has 4 heteroatoms. The number of likely N-dealkylation sites (N-methyl/N-ethyl adjacent to an activating group) is 1. The van der Waals surface area contributed by atoms with Gasteiger partial charge in [0.2, 0.25) is 5.91 Å². The van der Waals surface area contributed by atoms with E-state index in [-0.39, 0.29) is 12.3 Å². The van der Waals surface area contributed by atoms with E-state index >= 15 is 0 Å². The zero-order chi connectivity index (χ0) is 12.9. The summed E-state index contributed by atoms with van der Waals surface area (Å²) >= 11 is 0. The molecule has 17 heavy (non-hydrogen) atoms. The molecule has 1 fully saturated rings. The summed E-state index contributed by atoms with van der Waals surface area (Å²) in [6, 6.07) is 0. The van der Waals surface area contributed by atoms with Gasteiger partial charge in [-0.1, -0.05) is 25.3 Å². The van der Waals surface area contributed by atoms with Crippen LogP contribution in [0.3, 0.4) is 0 Å². The molecule has 0 unspecified atom stereocenters. The summed E-state index contributed by atoms with van der Waals surface area (Å²) in [7, 11) is 1.68. The number of carbonyl (C=O) groups excluding carboxylic acids is 1. The van der Waals surface area contributed by atoms with E-state index in [0.29, 0.717) is 19.4 Å². The van der Waals surface area contributed by atoms with Gasteiger partial charge in [0.05, 0.1) is 5.41 Å². The van der Waals surface area contributed by atoms with Crippen LogP contribution in [0.5, 0.6) is 0 Å². The summed E-state index contributed by atoms with van der Waals surface area (Å²) in [6.45, 7) is 4.04. The van der Waals surface area contributed by atoms with Gasteiger partial charge in [0, 0.05) is 20.0 Å². The van der Waals surface area contributed by atoms with Crippen LogP contribution in [0.2, 0.25) is 0 Å². The van der Waals surface area contributed by atoms with E-state index in [9.17, 15) is 14.7 Å². The van der Waals surface area contributed by atoms with Crippen molar-refractivity contribution in [3.05, 3.63) is 12.7 Å². The zero-order valence-electron chi connectivity index (χ0n) is 10.4. The lowest BCUT2D eigenvalue weighted by Gasteiger charge is -2.33. The molecule has 0 radical (unpaired) electrons. The number of carboxylic acids is 1. The number of hydrogen-bond acceptors (Lipinski definition) is 2. The Balaban J connectivity index is 2.69. The maximum absolute atomic E-state index is 11.9. The van der Waals surface area contributed by atoms with Gasteiger partial charge in [0.25, 0.3) is 0 Å². The molecule has 0 spiro atoms. The van der Waals surface area contributed by atoms with Gasteiger partial charge in [-0.05, 0) is 12.8 Å². The number of carboxylic acid groups (broad SMARTS) is 1. The van der Waals surface area contributed by atoms with Crippen LogP contribution in [0.25, 0.3) is 0 Å². The number of hydrogen-bond donors (Lipinski definition) is 1. The summed E-state index contributed by atoms with van der Waals surface area (Å²) in [6.07, 6.45) is 5.89. The lowest BCUT2D eigenvalue weighted by molar-refractivity contribution is -0.155. The molecule has 1 N–H and O–H groups in total. The number of nitrogens with zero attached hydrogens (tertiary/aromatic N) is 1. The normalized spacial score (nSPS) is 18.4. The maximum atomic E-state index is 11.9. The Hall–Kier alpha value is -1.32. The second kappa shape index (κ2) is 5.84. The number of amides is 1. The van der Waals surface area contributed by atoms with E-state index in [2.05, 4.69) is 6.58 Å². The largest absolute Gasteiger partial charge is 0.481 e. The minimum absolute atomic E-state index is 0.103. The van der Waals surface area contributed by atoms with Crippen LogP contribution in [-0.4, -0.2) is 35.5 Å². The fraction of sp³-hybridized carbons (Fsp3) is 0.692. The van der Waals surface area contributed by atoms with Crippen LogP contribution in [0.15, 0.2) is 12.7 Å². The van der Waals surface area contributed by atoms with E-state index in [4.69, 9.17) is 0 Å². The Bertz CT molecular complexity index is 306. The smallest absolute Gasteiger partial charge is 0.310 e. The Morgan fingerprint density at radius 3 is 2.41 bits per heavy atom. The molecular weight excluding hydrogens is 218 g/mol. The van der Waals surface area contributed by atoms with Crippen molar-refractivity contribution in [1.82, 2.24) is 4.90 Å². The van der Waals surface area contributed by atoms with Gasteiger partial charge >= 0.3 is 5.97 Å². The molecule has 0 aliphatic heterocycles. The molecule has 0 aromatic rings. The highest BCUT2D eigenvalue weighted by molar-refractivity contribution is 5.85. The summed E-state index contributed by atoms with van der Waals surface area (Å²) in [5.41, 5.74) is -0.829. The molecule has 1 amide bonds. The molecule has 1 saturated carbocycles. The molecule has 0 aromatic heterocycles. The molecule has 1 rings (SSSR count). The summed E-state index contributed by atoms with van der Waals surface area (Å²) in [5, 5.41) is 9.36. The van der Waals surface area contributed by atoms with Gasteiger partial charge in [-0.15, -0.1) is 6.58 Å². The van der Waals surface area contributed by atoms with Crippen molar-refractivity contribution in [2.75, 3.05) is 13.6 Å². The molecule has 0 atom stereocenters. The first-order chi connectivity index (χ1) is 8.02. The lowest BCUT2D eigenvalue weighted by atomic mass is 9.71. The van der Waals surface area contributed by atoms with Gasteiger partial charge in [-0.3, -0.25) is 9.59 Å². The van der Waals surface area contributed by atoms with Crippen molar-refractivity contribution < 1.29 is 14.7 Å². The Kier molecular flexibility index (Phi) is 4.73. The fourth-order valence-electron chi connectivity index (χ4n) is 2.41. The molecule has 1 aliphatic rings. The summed E-state index contributed by atoms with van der Waals surface area (Å²) in [4.78, 5) is 24.9. The third-order valence-corrected chi connectivity index (χ3v) is 3.58. The topological polar surface area (TPSA) is 57.6 Å². The quantitative estimate of drug-likeness (QED) is 0.747. The molecular formula is C13H21NO3. The molecule has 0 bridgehead atoms. The second-order valence-corrected chi connectivity index (χ2v) is 4.89. The molecule has 4 nitrogen and oxygen atoms in total. The fourth-order valence-corrected chi connectivity index (χ4v) is 2.41. The van der Waals surface area contributed by atoms with Crippen molar-refractivity contribution in [2.45, 2.75) is 38.5 Å². The van der Waals surface area contributed by atoms with Crippen LogP contribution in [-0.2, 0) is 9.59 Å². The van der Waals surface area contributed by atoms with Crippen molar-refractivity contribution in [3.8, 4) is 0 Å². The monoisotopic (exact) mass is 239 g/mol. The average molecular weight is 239 g/mol. The van der Waals surface area contributed by atoms with E-state index in [1.165, 1.54) is 4.90 Å². The van der Waals surface area contributed by atoms with Crippen LogP contribution in [0.1, 0.15) is 38.5 Å². The lowest BCUT2D eigenvalue weighted by Crippen LogP contribution is -2.39. The predicted octanol–water partition coefficient (Wildman–Crippen LogP) is 2.06. The van der Waals surface area contributed by atoms with Crippen LogP contribution < -0.4 is 0 Å². The maximum Gasteiger partial charge on any atom is 0.310 e. The highest BCUT2D eigenvalue weighted by Crippen LogP contribution is 2.39. The van der Waals surface area contributed by atoms with Crippen molar-refractivity contribution >= 4 is 11.9 Å². The van der Waals surface area contributed by atoms with Crippen molar-refractivity contribution in [2.24, 2.45) is 5.41 Å². The summed E-state index contributed by atoms with van der Waals surface area (Å²) < 4.78 is 0. The Morgan fingerprint density at radius 2 is 1.94 bits per heavy atom. The van der Waals surface area contributed by atoms with Gasteiger partial charge in [-0.2, -0.15) is 0 Å². The molecule has 1 aliphatic carbocycles. The highest BCUT2D eigenvalue weighted by atomic mass is 16.4. The third kappa shape index (κ3) is 3.32. The zero-order valence-corrected chi connectivity index (χ0v) is 10.4. The van der Waals surface area contributed by atoms with E-state index in [0.717, 1.165) is 19.3 Å². The third-order valence-electron chi connectivity index (χ3n) is 3.58. The summed E-state index contributed by atoms with van der Waals surface area (Å²) in [5.74, 6) is -0.924. The molecule has 96 valence electrons. The molecule has 0 saturated heterocycles. The number of rotatable bonds is 5. The van der Waals surface area contributed by atoms with Gasteiger partial charge in [0.1, 0.15) is 0 Å². The minimum atomic E-state index is -0.829.